The molecule has 1 fully saturated rings. The maximum absolute atomic E-state index is 13.2. The molecule has 1 heterocycles. The Hall–Kier alpha value is -2.97. The first-order chi connectivity index (χ1) is 14.0. The van der Waals surface area contributed by atoms with Gasteiger partial charge < -0.3 is 25.2 Å². The van der Waals surface area contributed by atoms with Crippen LogP contribution in [0.2, 0.25) is 0 Å². The largest absolute Gasteiger partial charge is 0.497 e. The first kappa shape index (κ1) is 20.8. The summed E-state index contributed by atoms with van der Waals surface area (Å²) in [4.78, 5) is 26.8. The molecule has 0 atom stereocenters. The van der Waals surface area contributed by atoms with E-state index in [1.54, 1.807) is 31.4 Å². The van der Waals surface area contributed by atoms with Gasteiger partial charge >= 0.3 is 0 Å². The second kappa shape index (κ2) is 9.99. The van der Waals surface area contributed by atoms with Crippen LogP contribution in [-0.2, 0) is 9.59 Å². The zero-order chi connectivity index (χ0) is 20.6. The van der Waals surface area contributed by atoms with Crippen molar-refractivity contribution in [3.8, 4) is 5.75 Å². The van der Waals surface area contributed by atoms with Gasteiger partial charge in [-0.3, -0.25) is 9.59 Å². The van der Waals surface area contributed by atoms with Crippen molar-refractivity contribution in [2.24, 2.45) is 0 Å². The van der Waals surface area contributed by atoms with Gasteiger partial charge in [0.05, 0.1) is 7.11 Å². The highest BCUT2D eigenvalue weighted by atomic mass is 19.1. The Morgan fingerprint density at radius 3 is 1.97 bits per heavy atom. The molecule has 2 amide bonds. The number of ether oxygens (including phenoxy) is 1. The highest BCUT2D eigenvalue weighted by molar-refractivity contribution is 5.92. The van der Waals surface area contributed by atoms with Crippen molar-refractivity contribution >= 4 is 23.2 Å². The Morgan fingerprint density at radius 2 is 1.45 bits per heavy atom. The number of quaternary nitrogens is 2. The van der Waals surface area contributed by atoms with Gasteiger partial charge in [-0.05, 0) is 42.5 Å². The molecule has 2 aromatic rings. The number of benzene rings is 2. The average molecular weight is 402 g/mol. The quantitative estimate of drug-likeness (QED) is 0.490. The molecule has 1 saturated heterocycles. The molecule has 1 aliphatic heterocycles. The molecular formula is C21H27FN4O3+2. The van der Waals surface area contributed by atoms with Crippen LogP contribution in [0.15, 0.2) is 48.5 Å². The predicted molar refractivity (Wildman–Crippen MR) is 108 cm³/mol. The van der Waals surface area contributed by atoms with Crippen LogP contribution in [0.3, 0.4) is 0 Å². The van der Waals surface area contributed by atoms with Crippen LogP contribution >= 0.6 is 0 Å². The molecule has 4 N–H and O–H groups in total. The van der Waals surface area contributed by atoms with Gasteiger partial charge in [-0.15, -0.1) is 0 Å². The van der Waals surface area contributed by atoms with Crippen molar-refractivity contribution in [2.75, 3.05) is 57.0 Å². The minimum absolute atomic E-state index is 0.0301. The molecule has 0 spiro atoms. The van der Waals surface area contributed by atoms with Crippen LogP contribution < -0.4 is 25.2 Å². The summed E-state index contributed by atoms with van der Waals surface area (Å²) in [5, 5.41) is 5.63. The third kappa shape index (κ3) is 6.55. The van der Waals surface area contributed by atoms with Gasteiger partial charge in [0.25, 0.3) is 11.8 Å². The molecule has 0 aliphatic carbocycles. The third-order valence-corrected chi connectivity index (χ3v) is 4.97. The fourth-order valence-electron chi connectivity index (χ4n) is 3.42. The topological polar surface area (TPSA) is 76.3 Å². The number of rotatable bonds is 7. The van der Waals surface area contributed by atoms with E-state index >= 15 is 0 Å². The lowest BCUT2D eigenvalue weighted by Crippen LogP contribution is -3.28. The molecule has 0 bridgehead atoms. The lowest BCUT2D eigenvalue weighted by Gasteiger charge is -2.28. The van der Waals surface area contributed by atoms with Crippen molar-refractivity contribution in [3.63, 3.8) is 0 Å². The molecule has 154 valence electrons. The van der Waals surface area contributed by atoms with E-state index in [2.05, 4.69) is 10.6 Å². The first-order valence-corrected chi connectivity index (χ1v) is 9.68. The molecule has 3 rings (SSSR count). The van der Waals surface area contributed by atoms with Crippen molar-refractivity contribution < 1.29 is 28.5 Å². The number of amides is 2. The van der Waals surface area contributed by atoms with E-state index in [9.17, 15) is 14.0 Å². The normalized spacial score (nSPS) is 18.7. The van der Waals surface area contributed by atoms with E-state index in [4.69, 9.17) is 4.74 Å². The summed E-state index contributed by atoms with van der Waals surface area (Å²) in [6.45, 7) is 3.98. The Bertz CT molecular complexity index is 836. The molecule has 0 aromatic heterocycles. The fraction of sp³-hybridized carbons (Fsp3) is 0.333. The summed E-state index contributed by atoms with van der Waals surface area (Å²) in [7, 11) is 1.60. The summed E-state index contributed by atoms with van der Waals surface area (Å²) >= 11 is 0. The van der Waals surface area contributed by atoms with E-state index in [1.165, 1.54) is 21.9 Å². The number of hydrogen-bond donors (Lipinski definition) is 4. The summed E-state index contributed by atoms with van der Waals surface area (Å²) in [5.41, 5.74) is 1.21. The van der Waals surface area contributed by atoms with Crippen molar-refractivity contribution in [1.82, 2.24) is 0 Å². The van der Waals surface area contributed by atoms with Crippen LogP contribution in [0.25, 0.3) is 0 Å². The summed E-state index contributed by atoms with van der Waals surface area (Å²) in [6.07, 6.45) is 0. The predicted octanol–water partition coefficient (Wildman–Crippen LogP) is -0.805. The lowest BCUT2D eigenvalue weighted by molar-refractivity contribution is -1.00. The molecule has 0 saturated carbocycles. The van der Waals surface area contributed by atoms with Crippen LogP contribution in [0, 0.1) is 5.82 Å². The molecule has 2 aromatic carbocycles. The number of carbonyl (C=O) groups excluding carboxylic acids is 2. The lowest BCUT2D eigenvalue weighted by atomic mass is 10.2. The third-order valence-electron chi connectivity index (χ3n) is 4.97. The first-order valence-electron chi connectivity index (χ1n) is 9.68. The second-order valence-corrected chi connectivity index (χ2v) is 7.19. The average Bonchev–Trinajstić information content (AvgIpc) is 2.70. The molecule has 8 heteroatoms. The second-order valence-electron chi connectivity index (χ2n) is 7.19. The van der Waals surface area contributed by atoms with Crippen molar-refractivity contribution in [3.05, 3.63) is 54.3 Å². The molecular weight excluding hydrogens is 375 g/mol. The highest BCUT2D eigenvalue weighted by Crippen LogP contribution is 2.14. The van der Waals surface area contributed by atoms with Gasteiger partial charge in [-0.25, -0.2) is 4.39 Å². The van der Waals surface area contributed by atoms with Crippen LogP contribution in [-0.4, -0.2) is 58.2 Å². The van der Waals surface area contributed by atoms with Gasteiger partial charge in [0.15, 0.2) is 13.1 Å². The van der Waals surface area contributed by atoms with E-state index < -0.39 is 0 Å². The summed E-state index contributed by atoms with van der Waals surface area (Å²) in [5.74, 6) is 0.207. The van der Waals surface area contributed by atoms with Gasteiger partial charge in [0.2, 0.25) is 0 Å². The van der Waals surface area contributed by atoms with Crippen LogP contribution in [0.4, 0.5) is 15.8 Å². The van der Waals surface area contributed by atoms with Gasteiger partial charge in [0.1, 0.15) is 37.7 Å². The van der Waals surface area contributed by atoms with Crippen LogP contribution in [0.5, 0.6) is 5.75 Å². The maximum Gasteiger partial charge on any atom is 0.279 e. The zero-order valence-corrected chi connectivity index (χ0v) is 16.5. The molecule has 1 aliphatic rings. The minimum atomic E-state index is -0.375. The summed E-state index contributed by atoms with van der Waals surface area (Å²) in [6, 6.07) is 13.1. The van der Waals surface area contributed by atoms with E-state index in [1.807, 2.05) is 12.1 Å². The van der Waals surface area contributed by atoms with E-state index in [-0.39, 0.29) is 17.6 Å². The standard InChI is InChI=1S/C21H25FN4O3/c1-29-19-7-5-17(6-8-19)23-20(27)14-25-9-11-26(12-10-25)15-21(28)24-18-4-2-3-16(22)13-18/h2-8,13H,9-12,14-15H2,1H3,(H,23,27)(H,24,28)/p+2. The molecule has 7 nitrogen and oxygen atoms in total. The summed E-state index contributed by atoms with van der Waals surface area (Å²) < 4.78 is 18.3. The molecule has 29 heavy (non-hydrogen) atoms. The SMILES string of the molecule is COc1ccc(NC(=O)C[NH+]2CC[NH+](CC(=O)Nc3cccc(F)c3)CC2)cc1. The number of hydrogen-bond acceptors (Lipinski definition) is 3. The monoisotopic (exact) mass is 402 g/mol. The van der Waals surface area contributed by atoms with Crippen molar-refractivity contribution in [1.29, 1.82) is 0 Å². The highest BCUT2D eigenvalue weighted by Gasteiger charge is 2.26. The van der Waals surface area contributed by atoms with Gasteiger partial charge in [0, 0.05) is 11.4 Å². The number of anilines is 2. The van der Waals surface area contributed by atoms with Crippen molar-refractivity contribution in [2.45, 2.75) is 0 Å². The Labute approximate surface area is 169 Å². The number of nitrogens with one attached hydrogen (secondary N) is 4. The molecule has 0 radical (unpaired) electrons. The Balaban J connectivity index is 1.38. The smallest absolute Gasteiger partial charge is 0.279 e. The minimum Gasteiger partial charge on any atom is -0.497 e. The van der Waals surface area contributed by atoms with E-state index in [0.717, 1.165) is 37.6 Å². The Morgan fingerprint density at radius 1 is 0.897 bits per heavy atom. The zero-order valence-electron chi connectivity index (χ0n) is 16.5. The Kier molecular flexibility index (Phi) is 7.15. The number of methoxy groups -OCH3 is 1. The number of piperazine rings is 1. The number of halogens is 1. The maximum atomic E-state index is 13.2. The molecule has 0 unspecified atom stereocenters. The fourth-order valence-corrected chi connectivity index (χ4v) is 3.42. The van der Waals surface area contributed by atoms with Gasteiger partial charge in [-0.1, -0.05) is 6.07 Å². The van der Waals surface area contributed by atoms with Gasteiger partial charge in [-0.2, -0.15) is 0 Å². The van der Waals surface area contributed by atoms with Crippen LogP contribution in [0.1, 0.15) is 0 Å². The number of carbonyl (C=O) groups is 2. The van der Waals surface area contributed by atoms with E-state index in [0.29, 0.717) is 18.8 Å².